The molecule has 2 rings (SSSR count). The van der Waals surface area contributed by atoms with Gasteiger partial charge in [-0.15, -0.1) is 0 Å². The van der Waals surface area contributed by atoms with Crippen molar-refractivity contribution in [1.82, 2.24) is 9.55 Å². The van der Waals surface area contributed by atoms with Crippen LogP contribution in [0.2, 0.25) is 0 Å². The lowest BCUT2D eigenvalue weighted by Gasteiger charge is -2.05. The Balaban J connectivity index is 2.66. The molecule has 0 spiro atoms. The summed E-state index contributed by atoms with van der Waals surface area (Å²) >= 11 is 0. The van der Waals surface area contributed by atoms with E-state index in [-0.39, 0.29) is 0 Å². The van der Waals surface area contributed by atoms with Gasteiger partial charge in [0, 0.05) is 24.8 Å². The summed E-state index contributed by atoms with van der Waals surface area (Å²) in [5.74, 6) is 0. The molecule has 74 valence electrons. The maximum Gasteiger partial charge on any atom is 0.433 e. The smallest absolute Gasteiger partial charge is 0.350 e. The number of pyridine rings is 1. The van der Waals surface area contributed by atoms with Crippen LogP contribution in [0.5, 0.6) is 0 Å². The molecule has 0 atom stereocenters. The van der Waals surface area contributed by atoms with Crippen LogP contribution in [0.15, 0.2) is 24.5 Å². The van der Waals surface area contributed by atoms with Gasteiger partial charge in [-0.25, -0.2) is 0 Å². The van der Waals surface area contributed by atoms with Gasteiger partial charge in [0.1, 0.15) is 5.69 Å². The average Bonchev–Trinajstić information content (AvgIpc) is 2.46. The van der Waals surface area contributed by atoms with E-state index in [1.807, 2.05) is 0 Å². The van der Waals surface area contributed by atoms with Gasteiger partial charge in [0.25, 0.3) is 0 Å². The maximum absolute atomic E-state index is 12.3. The zero-order chi connectivity index (χ0) is 10.3. The fourth-order valence-electron chi connectivity index (χ4n) is 1.32. The number of aryl methyl sites for hydroxylation is 1. The number of alkyl halides is 3. The van der Waals surface area contributed by atoms with E-state index in [9.17, 15) is 13.2 Å². The average molecular weight is 200 g/mol. The highest BCUT2D eigenvalue weighted by molar-refractivity contribution is 5.79. The number of hydrogen-bond donors (Lipinski definition) is 0. The number of aromatic nitrogens is 2. The minimum atomic E-state index is -4.38. The Hall–Kier alpha value is -1.52. The molecule has 0 amide bonds. The standard InChI is InChI=1S/C9H7F3N2/c1-14-3-2-6-5-13-8(4-7(6)14)9(10,11)12/h2-5H,1H3. The second-order valence-corrected chi connectivity index (χ2v) is 3.05. The van der Waals surface area contributed by atoms with E-state index in [0.29, 0.717) is 10.9 Å². The normalized spacial score (nSPS) is 12.3. The summed E-state index contributed by atoms with van der Waals surface area (Å²) in [5, 5.41) is 0.709. The SMILES string of the molecule is Cn1ccc2cnc(C(F)(F)F)cc21. The minimum Gasteiger partial charge on any atom is -0.350 e. The summed E-state index contributed by atoms with van der Waals surface area (Å²) in [4.78, 5) is 3.35. The third-order valence-electron chi connectivity index (χ3n) is 2.06. The summed E-state index contributed by atoms with van der Waals surface area (Å²) in [6.07, 6.45) is -1.44. The first-order valence-corrected chi connectivity index (χ1v) is 3.97. The molecular weight excluding hydrogens is 193 g/mol. The van der Waals surface area contributed by atoms with Gasteiger partial charge in [-0.2, -0.15) is 13.2 Å². The van der Waals surface area contributed by atoms with Crippen molar-refractivity contribution in [2.45, 2.75) is 6.18 Å². The molecule has 2 heterocycles. The van der Waals surface area contributed by atoms with Crippen LogP contribution in [0, 0.1) is 0 Å². The minimum absolute atomic E-state index is 0.535. The van der Waals surface area contributed by atoms with Crippen molar-refractivity contribution in [3.05, 3.63) is 30.2 Å². The van der Waals surface area contributed by atoms with Gasteiger partial charge in [-0.05, 0) is 12.1 Å². The third-order valence-corrected chi connectivity index (χ3v) is 2.06. The van der Waals surface area contributed by atoms with E-state index in [1.165, 1.54) is 6.20 Å². The molecule has 5 heteroatoms. The van der Waals surface area contributed by atoms with Crippen LogP contribution in [0.1, 0.15) is 5.69 Å². The van der Waals surface area contributed by atoms with Gasteiger partial charge in [-0.3, -0.25) is 4.98 Å². The molecule has 0 bridgehead atoms. The molecule has 14 heavy (non-hydrogen) atoms. The first-order chi connectivity index (χ1) is 6.48. The van der Waals surface area contributed by atoms with Crippen LogP contribution in [0.3, 0.4) is 0 Å². The summed E-state index contributed by atoms with van der Waals surface area (Å²) < 4.78 is 38.5. The largest absolute Gasteiger partial charge is 0.433 e. The van der Waals surface area contributed by atoms with Crippen molar-refractivity contribution < 1.29 is 13.2 Å². The highest BCUT2D eigenvalue weighted by Gasteiger charge is 2.32. The highest BCUT2D eigenvalue weighted by atomic mass is 19.4. The van der Waals surface area contributed by atoms with Crippen LogP contribution >= 0.6 is 0 Å². The highest BCUT2D eigenvalue weighted by Crippen LogP contribution is 2.29. The molecule has 0 fully saturated rings. The lowest BCUT2D eigenvalue weighted by atomic mass is 10.3. The van der Waals surface area contributed by atoms with E-state index in [4.69, 9.17) is 0 Å². The Bertz CT molecular complexity index is 470. The van der Waals surface area contributed by atoms with Crippen LogP contribution in [-0.4, -0.2) is 9.55 Å². The summed E-state index contributed by atoms with van der Waals surface area (Å²) in [6.45, 7) is 0. The van der Waals surface area contributed by atoms with Gasteiger partial charge >= 0.3 is 6.18 Å². The molecule has 0 aliphatic carbocycles. The van der Waals surface area contributed by atoms with Gasteiger partial charge < -0.3 is 4.57 Å². The molecule has 0 radical (unpaired) electrons. The lowest BCUT2D eigenvalue weighted by molar-refractivity contribution is -0.141. The number of halogens is 3. The zero-order valence-electron chi connectivity index (χ0n) is 7.34. The number of fused-ring (bicyclic) bond motifs is 1. The molecule has 0 N–H and O–H groups in total. The van der Waals surface area contributed by atoms with E-state index in [2.05, 4.69) is 4.98 Å². The molecule has 0 saturated carbocycles. The Labute approximate surface area is 78.0 Å². The maximum atomic E-state index is 12.3. The second-order valence-electron chi connectivity index (χ2n) is 3.05. The van der Waals surface area contributed by atoms with E-state index >= 15 is 0 Å². The predicted octanol–water partition coefficient (Wildman–Crippen LogP) is 2.59. The fourth-order valence-corrected chi connectivity index (χ4v) is 1.32. The van der Waals surface area contributed by atoms with E-state index in [1.54, 1.807) is 23.9 Å². The van der Waals surface area contributed by atoms with Gasteiger partial charge in [0.15, 0.2) is 0 Å². The van der Waals surface area contributed by atoms with Crippen molar-refractivity contribution >= 4 is 10.9 Å². The first kappa shape index (κ1) is 9.05. The summed E-state index contributed by atoms with van der Waals surface area (Å²) in [5.41, 5.74) is -0.320. The monoisotopic (exact) mass is 200 g/mol. The molecule has 2 nitrogen and oxygen atoms in total. The Morgan fingerprint density at radius 2 is 2.07 bits per heavy atom. The molecule has 0 saturated heterocycles. The number of hydrogen-bond acceptors (Lipinski definition) is 1. The topological polar surface area (TPSA) is 17.8 Å². The first-order valence-electron chi connectivity index (χ1n) is 3.97. The molecule has 0 aliphatic heterocycles. The van der Waals surface area contributed by atoms with Crippen LogP contribution in [0.25, 0.3) is 10.9 Å². The molecule has 0 unspecified atom stereocenters. The van der Waals surface area contributed by atoms with E-state index in [0.717, 1.165) is 6.07 Å². The van der Waals surface area contributed by atoms with Crippen LogP contribution in [-0.2, 0) is 13.2 Å². The lowest BCUT2D eigenvalue weighted by Crippen LogP contribution is -2.07. The van der Waals surface area contributed by atoms with Crippen LogP contribution in [0.4, 0.5) is 13.2 Å². The summed E-state index contributed by atoms with van der Waals surface area (Å²) in [7, 11) is 1.70. The van der Waals surface area contributed by atoms with Crippen molar-refractivity contribution in [2.24, 2.45) is 7.05 Å². The van der Waals surface area contributed by atoms with Crippen molar-refractivity contribution in [2.75, 3.05) is 0 Å². The van der Waals surface area contributed by atoms with Crippen molar-refractivity contribution in [3.63, 3.8) is 0 Å². The Morgan fingerprint density at radius 3 is 2.71 bits per heavy atom. The quantitative estimate of drug-likeness (QED) is 0.639. The van der Waals surface area contributed by atoms with Gasteiger partial charge in [0.05, 0.1) is 5.52 Å². The summed E-state index contributed by atoms with van der Waals surface area (Å²) in [6, 6.07) is 2.78. The second kappa shape index (κ2) is 2.73. The Kier molecular flexibility index (Phi) is 1.77. The predicted molar refractivity (Wildman–Crippen MR) is 45.7 cm³/mol. The Morgan fingerprint density at radius 1 is 1.36 bits per heavy atom. The molecule has 2 aromatic heterocycles. The fraction of sp³-hybridized carbons (Fsp3) is 0.222. The number of rotatable bonds is 0. The zero-order valence-corrected chi connectivity index (χ0v) is 7.34. The van der Waals surface area contributed by atoms with Gasteiger partial charge in [-0.1, -0.05) is 0 Å². The van der Waals surface area contributed by atoms with E-state index < -0.39 is 11.9 Å². The molecule has 2 aromatic rings. The van der Waals surface area contributed by atoms with Gasteiger partial charge in [0.2, 0.25) is 0 Å². The molecular formula is C9H7F3N2. The van der Waals surface area contributed by atoms with Crippen LogP contribution < -0.4 is 0 Å². The molecule has 0 aliphatic rings. The third kappa shape index (κ3) is 1.34. The van der Waals surface area contributed by atoms with Crippen molar-refractivity contribution in [3.8, 4) is 0 Å². The van der Waals surface area contributed by atoms with Crippen molar-refractivity contribution in [1.29, 1.82) is 0 Å². The molecule has 0 aromatic carbocycles. The number of nitrogens with zero attached hydrogens (tertiary/aromatic N) is 2.